The standard InChI is InChI=1S/C13H14BrNO3/c1-3-5-12(16)15-11-7-6-9(8-10(11)14)13(17)18-4-2/h3,6-8H,1,4-5H2,2H3,(H,15,16). The third-order valence-electron chi connectivity index (χ3n) is 2.08. The van der Waals surface area contributed by atoms with Crippen LogP contribution in [-0.2, 0) is 9.53 Å². The smallest absolute Gasteiger partial charge is 0.338 e. The summed E-state index contributed by atoms with van der Waals surface area (Å²) >= 11 is 3.30. The molecule has 1 N–H and O–H groups in total. The number of hydrogen-bond acceptors (Lipinski definition) is 3. The second kappa shape index (κ2) is 6.96. The molecule has 0 saturated carbocycles. The maximum Gasteiger partial charge on any atom is 0.338 e. The number of halogens is 1. The molecule has 0 saturated heterocycles. The van der Waals surface area contributed by atoms with E-state index in [4.69, 9.17) is 4.74 Å². The predicted molar refractivity (Wildman–Crippen MR) is 73.5 cm³/mol. The molecule has 0 bridgehead atoms. The number of esters is 1. The molecular weight excluding hydrogens is 298 g/mol. The Balaban J connectivity index is 2.82. The molecule has 0 fully saturated rings. The Morgan fingerprint density at radius 3 is 2.78 bits per heavy atom. The highest BCUT2D eigenvalue weighted by Gasteiger charge is 2.10. The quantitative estimate of drug-likeness (QED) is 0.671. The Kier molecular flexibility index (Phi) is 5.58. The number of hydrogen-bond donors (Lipinski definition) is 1. The summed E-state index contributed by atoms with van der Waals surface area (Å²) in [5.74, 6) is -0.545. The fourth-order valence-electron chi connectivity index (χ4n) is 1.29. The molecule has 0 atom stereocenters. The first kappa shape index (κ1) is 14.4. The zero-order chi connectivity index (χ0) is 13.5. The molecule has 0 aliphatic rings. The second-order valence-electron chi connectivity index (χ2n) is 3.46. The number of carbonyl (C=O) groups excluding carboxylic acids is 2. The predicted octanol–water partition coefficient (Wildman–Crippen LogP) is 3.14. The van der Waals surface area contributed by atoms with Gasteiger partial charge in [-0.05, 0) is 41.1 Å². The number of rotatable bonds is 5. The fourth-order valence-corrected chi connectivity index (χ4v) is 1.77. The van der Waals surface area contributed by atoms with Gasteiger partial charge in [-0.2, -0.15) is 0 Å². The fraction of sp³-hybridized carbons (Fsp3) is 0.231. The molecule has 0 unspecified atom stereocenters. The van der Waals surface area contributed by atoms with E-state index in [9.17, 15) is 9.59 Å². The lowest BCUT2D eigenvalue weighted by atomic mass is 10.2. The van der Waals surface area contributed by atoms with Crippen molar-refractivity contribution in [3.05, 3.63) is 40.9 Å². The average Bonchev–Trinajstić information content (AvgIpc) is 2.32. The minimum absolute atomic E-state index is 0.158. The molecule has 0 aromatic heterocycles. The van der Waals surface area contributed by atoms with Gasteiger partial charge < -0.3 is 10.1 Å². The van der Waals surface area contributed by atoms with Gasteiger partial charge >= 0.3 is 5.97 Å². The lowest BCUT2D eigenvalue weighted by Gasteiger charge is -2.08. The van der Waals surface area contributed by atoms with Gasteiger partial charge in [0, 0.05) is 10.9 Å². The van der Waals surface area contributed by atoms with E-state index in [1.165, 1.54) is 6.08 Å². The zero-order valence-electron chi connectivity index (χ0n) is 10.0. The molecule has 0 radical (unpaired) electrons. The SMILES string of the molecule is C=CCC(=O)Nc1ccc(C(=O)OCC)cc1Br. The number of nitrogens with one attached hydrogen (secondary N) is 1. The maximum absolute atomic E-state index is 11.5. The van der Waals surface area contributed by atoms with Gasteiger partial charge in [-0.15, -0.1) is 6.58 Å². The summed E-state index contributed by atoms with van der Waals surface area (Å²) < 4.78 is 5.51. The molecule has 0 heterocycles. The van der Waals surface area contributed by atoms with Crippen LogP contribution in [0.25, 0.3) is 0 Å². The summed E-state index contributed by atoms with van der Waals surface area (Å²) in [6.07, 6.45) is 1.77. The van der Waals surface area contributed by atoms with Crippen molar-refractivity contribution in [3.63, 3.8) is 0 Å². The number of ether oxygens (including phenoxy) is 1. The molecule has 96 valence electrons. The van der Waals surface area contributed by atoms with Gasteiger partial charge in [-0.25, -0.2) is 4.79 Å². The normalized spacial score (nSPS) is 9.67. The van der Waals surface area contributed by atoms with Gasteiger partial charge in [0.05, 0.1) is 17.9 Å². The molecule has 18 heavy (non-hydrogen) atoms. The van der Waals surface area contributed by atoms with E-state index >= 15 is 0 Å². The summed E-state index contributed by atoms with van der Waals surface area (Å²) in [5.41, 5.74) is 1.04. The van der Waals surface area contributed by atoms with Crippen molar-refractivity contribution in [2.24, 2.45) is 0 Å². The van der Waals surface area contributed by atoms with Gasteiger partial charge in [0.2, 0.25) is 5.91 Å². The first-order valence-electron chi connectivity index (χ1n) is 5.46. The average molecular weight is 312 g/mol. The van der Waals surface area contributed by atoms with Crippen molar-refractivity contribution < 1.29 is 14.3 Å². The Morgan fingerprint density at radius 1 is 1.50 bits per heavy atom. The lowest BCUT2D eigenvalue weighted by Crippen LogP contribution is -2.11. The monoisotopic (exact) mass is 311 g/mol. The van der Waals surface area contributed by atoms with Crippen LogP contribution >= 0.6 is 15.9 Å². The van der Waals surface area contributed by atoms with Gasteiger partial charge in [0.1, 0.15) is 0 Å². The van der Waals surface area contributed by atoms with E-state index < -0.39 is 0 Å². The molecule has 4 nitrogen and oxygen atoms in total. The molecular formula is C13H14BrNO3. The molecule has 1 aromatic carbocycles. The third-order valence-corrected chi connectivity index (χ3v) is 2.74. The zero-order valence-corrected chi connectivity index (χ0v) is 11.6. The van der Waals surface area contributed by atoms with Crippen LogP contribution in [0.2, 0.25) is 0 Å². The van der Waals surface area contributed by atoms with Crippen molar-refractivity contribution in [3.8, 4) is 0 Å². The summed E-state index contributed by atoms with van der Waals surface area (Å²) in [4.78, 5) is 22.9. The van der Waals surface area contributed by atoms with E-state index in [2.05, 4.69) is 27.8 Å². The van der Waals surface area contributed by atoms with Crippen LogP contribution in [0.4, 0.5) is 5.69 Å². The molecule has 0 aliphatic carbocycles. The van der Waals surface area contributed by atoms with E-state index in [0.29, 0.717) is 22.3 Å². The molecule has 1 rings (SSSR count). The van der Waals surface area contributed by atoms with E-state index in [1.807, 2.05) is 0 Å². The maximum atomic E-state index is 11.5. The van der Waals surface area contributed by atoms with E-state index in [-0.39, 0.29) is 18.3 Å². The lowest BCUT2D eigenvalue weighted by molar-refractivity contribution is -0.115. The first-order valence-corrected chi connectivity index (χ1v) is 6.25. The molecule has 0 aliphatic heterocycles. The van der Waals surface area contributed by atoms with Crippen LogP contribution in [-0.4, -0.2) is 18.5 Å². The summed E-state index contributed by atoms with van der Waals surface area (Å²) in [7, 11) is 0. The van der Waals surface area contributed by atoms with Gasteiger partial charge in [-0.1, -0.05) is 6.08 Å². The minimum Gasteiger partial charge on any atom is -0.462 e. The van der Waals surface area contributed by atoms with Crippen LogP contribution in [0, 0.1) is 0 Å². The van der Waals surface area contributed by atoms with Crippen LogP contribution in [0.5, 0.6) is 0 Å². The highest BCUT2D eigenvalue weighted by Crippen LogP contribution is 2.24. The molecule has 0 spiro atoms. The topological polar surface area (TPSA) is 55.4 Å². The number of anilines is 1. The van der Waals surface area contributed by atoms with Crippen molar-refractivity contribution in [1.29, 1.82) is 0 Å². The van der Waals surface area contributed by atoms with Gasteiger partial charge in [-0.3, -0.25) is 4.79 Å². The van der Waals surface area contributed by atoms with E-state index in [0.717, 1.165) is 0 Å². The van der Waals surface area contributed by atoms with E-state index in [1.54, 1.807) is 25.1 Å². The van der Waals surface area contributed by atoms with Crippen LogP contribution in [0.1, 0.15) is 23.7 Å². The number of carbonyl (C=O) groups is 2. The summed E-state index contributed by atoms with van der Waals surface area (Å²) in [6, 6.07) is 4.87. The number of amides is 1. The molecule has 5 heteroatoms. The van der Waals surface area contributed by atoms with Crippen molar-refractivity contribution >= 4 is 33.5 Å². The van der Waals surface area contributed by atoms with Crippen molar-refractivity contribution in [2.45, 2.75) is 13.3 Å². The van der Waals surface area contributed by atoms with Gasteiger partial charge in [0.25, 0.3) is 0 Å². The van der Waals surface area contributed by atoms with Gasteiger partial charge in [0.15, 0.2) is 0 Å². The highest BCUT2D eigenvalue weighted by molar-refractivity contribution is 9.10. The largest absolute Gasteiger partial charge is 0.462 e. The van der Waals surface area contributed by atoms with Crippen molar-refractivity contribution in [2.75, 3.05) is 11.9 Å². The Hall–Kier alpha value is -1.62. The molecule has 1 amide bonds. The van der Waals surface area contributed by atoms with Crippen LogP contribution < -0.4 is 5.32 Å². The van der Waals surface area contributed by atoms with Crippen LogP contribution in [0.3, 0.4) is 0 Å². The number of benzene rings is 1. The third kappa shape index (κ3) is 4.00. The summed E-state index contributed by atoms with van der Waals surface area (Å²) in [6.45, 7) is 5.56. The molecule has 1 aromatic rings. The van der Waals surface area contributed by atoms with Crippen molar-refractivity contribution in [1.82, 2.24) is 0 Å². The Morgan fingerprint density at radius 2 is 2.22 bits per heavy atom. The minimum atomic E-state index is -0.387. The van der Waals surface area contributed by atoms with Crippen LogP contribution in [0.15, 0.2) is 35.3 Å². The Labute approximate surface area is 114 Å². The Bertz CT molecular complexity index is 471. The highest BCUT2D eigenvalue weighted by atomic mass is 79.9. The second-order valence-corrected chi connectivity index (χ2v) is 4.31. The summed E-state index contributed by atoms with van der Waals surface area (Å²) in [5, 5.41) is 2.70. The first-order chi connectivity index (χ1) is 8.58.